The third-order valence-corrected chi connectivity index (χ3v) is 5.57. The second-order valence-electron chi connectivity index (χ2n) is 4.84. The molecule has 0 aliphatic heterocycles. The SMILES string of the molecule is CCCS(=O)(=O)NCCc1csc(-c2cccc(OC)c2)n1. The van der Waals surface area contributed by atoms with Gasteiger partial charge in [-0.15, -0.1) is 11.3 Å². The first-order valence-electron chi connectivity index (χ1n) is 7.10. The highest BCUT2D eigenvalue weighted by molar-refractivity contribution is 7.89. The van der Waals surface area contributed by atoms with Gasteiger partial charge in [0.15, 0.2) is 0 Å². The van der Waals surface area contributed by atoms with Gasteiger partial charge in [0.1, 0.15) is 10.8 Å². The van der Waals surface area contributed by atoms with Crippen molar-refractivity contribution in [3.05, 3.63) is 35.3 Å². The molecule has 0 aliphatic carbocycles. The fraction of sp³-hybridized carbons (Fsp3) is 0.400. The van der Waals surface area contributed by atoms with E-state index in [0.29, 0.717) is 19.4 Å². The summed E-state index contributed by atoms with van der Waals surface area (Å²) in [6.45, 7) is 2.23. The number of nitrogens with zero attached hydrogens (tertiary/aromatic N) is 1. The van der Waals surface area contributed by atoms with Crippen molar-refractivity contribution in [2.75, 3.05) is 19.4 Å². The van der Waals surface area contributed by atoms with Crippen molar-refractivity contribution in [3.63, 3.8) is 0 Å². The molecule has 0 bridgehead atoms. The lowest BCUT2D eigenvalue weighted by Gasteiger charge is -2.04. The Labute approximate surface area is 135 Å². The van der Waals surface area contributed by atoms with Gasteiger partial charge in [0.2, 0.25) is 10.0 Å². The maximum Gasteiger partial charge on any atom is 0.211 e. The van der Waals surface area contributed by atoms with E-state index in [2.05, 4.69) is 9.71 Å². The fourth-order valence-electron chi connectivity index (χ4n) is 1.99. The van der Waals surface area contributed by atoms with E-state index in [-0.39, 0.29) is 5.75 Å². The summed E-state index contributed by atoms with van der Waals surface area (Å²) in [5.41, 5.74) is 1.89. The van der Waals surface area contributed by atoms with Crippen LogP contribution in [0.25, 0.3) is 10.6 Å². The lowest BCUT2D eigenvalue weighted by atomic mass is 10.2. The van der Waals surface area contributed by atoms with Crippen LogP contribution in [-0.4, -0.2) is 32.8 Å². The minimum atomic E-state index is -3.15. The molecule has 0 aliphatic rings. The summed E-state index contributed by atoms with van der Waals surface area (Å²) in [5.74, 6) is 0.959. The quantitative estimate of drug-likeness (QED) is 0.802. The van der Waals surface area contributed by atoms with Crippen LogP contribution in [0.15, 0.2) is 29.6 Å². The van der Waals surface area contributed by atoms with Gasteiger partial charge in [0, 0.05) is 23.9 Å². The maximum atomic E-state index is 11.6. The zero-order valence-electron chi connectivity index (χ0n) is 12.7. The van der Waals surface area contributed by atoms with E-state index in [0.717, 1.165) is 22.0 Å². The minimum absolute atomic E-state index is 0.166. The molecule has 0 radical (unpaired) electrons. The second kappa shape index (κ2) is 7.71. The minimum Gasteiger partial charge on any atom is -0.497 e. The van der Waals surface area contributed by atoms with Crippen LogP contribution in [0, 0.1) is 0 Å². The molecule has 0 fully saturated rings. The molecule has 2 aromatic rings. The number of hydrogen-bond acceptors (Lipinski definition) is 5. The van der Waals surface area contributed by atoms with Gasteiger partial charge in [-0.25, -0.2) is 18.1 Å². The normalized spacial score (nSPS) is 11.5. The number of ether oxygens (including phenoxy) is 1. The average Bonchev–Trinajstić information content (AvgIpc) is 2.96. The molecule has 7 heteroatoms. The molecular formula is C15H20N2O3S2. The van der Waals surface area contributed by atoms with Crippen LogP contribution in [0.5, 0.6) is 5.75 Å². The number of aromatic nitrogens is 1. The first-order chi connectivity index (χ1) is 10.5. The maximum absolute atomic E-state index is 11.6. The Morgan fingerprint density at radius 1 is 1.36 bits per heavy atom. The molecule has 0 saturated heterocycles. The smallest absolute Gasteiger partial charge is 0.211 e. The van der Waals surface area contributed by atoms with Crippen LogP contribution >= 0.6 is 11.3 Å². The third-order valence-electron chi connectivity index (χ3n) is 3.04. The van der Waals surface area contributed by atoms with E-state index in [1.807, 2.05) is 36.6 Å². The van der Waals surface area contributed by atoms with Crippen LogP contribution in [0.4, 0.5) is 0 Å². The van der Waals surface area contributed by atoms with Crippen LogP contribution in [0.2, 0.25) is 0 Å². The summed E-state index contributed by atoms with van der Waals surface area (Å²) in [6.07, 6.45) is 1.20. The van der Waals surface area contributed by atoms with E-state index in [9.17, 15) is 8.42 Å². The Bertz CT molecular complexity index is 711. The molecule has 1 heterocycles. The van der Waals surface area contributed by atoms with Crippen molar-refractivity contribution >= 4 is 21.4 Å². The molecule has 0 atom stereocenters. The lowest BCUT2D eigenvalue weighted by molar-refractivity contribution is 0.415. The second-order valence-corrected chi connectivity index (χ2v) is 7.62. The van der Waals surface area contributed by atoms with Crippen LogP contribution in [0.1, 0.15) is 19.0 Å². The molecule has 0 amide bonds. The van der Waals surface area contributed by atoms with Crippen molar-refractivity contribution in [3.8, 4) is 16.3 Å². The summed E-state index contributed by atoms with van der Waals surface area (Å²) >= 11 is 1.55. The molecule has 0 saturated carbocycles. The van der Waals surface area contributed by atoms with Gasteiger partial charge in [-0.2, -0.15) is 0 Å². The zero-order valence-corrected chi connectivity index (χ0v) is 14.3. The zero-order chi connectivity index (χ0) is 16.0. The van der Waals surface area contributed by atoms with E-state index in [1.54, 1.807) is 18.4 Å². The van der Waals surface area contributed by atoms with Gasteiger partial charge in [-0.05, 0) is 18.6 Å². The predicted octanol–water partition coefficient (Wildman–Crippen LogP) is 2.69. The molecule has 120 valence electrons. The number of benzene rings is 1. The van der Waals surface area contributed by atoms with Crippen LogP contribution < -0.4 is 9.46 Å². The van der Waals surface area contributed by atoms with Crippen molar-refractivity contribution in [2.45, 2.75) is 19.8 Å². The van der Waals surface area contributed by atoms with Crippen LogP contribution in [-0.2, 0) is 16.4 Å². The Hall–Kier alpha value is -1.44. The highest BCUT2D eigenvalue weighted by atomic mass is 32.2. The average molecular weight is 340 g/mol. The van der Waals surface area contributed by atoms with Gasteiger partial charge in [0.25, 0.3) is 0 Å². The van der Waals surface area contributed by atoms with Gasteiger partial charge in [0.05, 0.1) is 18.6 Å². The number of rotatable bonds is 8. The number of nitrogens with one attached hydrogen (secondary N) is 1. The first kappa shape index (κ1) is 16.9. The molecule has 0 unspecified atom stereocenters. The van der Waals surface area contributed by atoms with E-state index < -0.39 is 10.0 Å². The Morgan fingerprint density at radius 2 is 2.18 bits per heavy atom. The van der Waals surface area contributed by atoms with E-state index in [1.165, 1.54) is 0 Å². The van der Waals surface area contributed by atoms with Crippen molar-refractivity contribution in [2.24, 2.45) is 0 Å². The molecule has 5 nitrogen and oxygen atoms in total. The standard InChI is InChI=1S/C15H20N2O3S2/c1-3-9-22(18,19)16-8-7-13-11-21-15(17-13)12-5-4-6-14(10-12)20-2/h4-6,10-11,16H,3,7-9H2,1-2H3. The summed E-state index contributed by atoms with van der Waals surface area (Å²) in [6, 6.07) is 7.73. The molecule has 2 rings (SSSR count). The number of thiazole rings is 1. The number of sulfonamides is 1. The predicted molar refractivity (Wildman–Crippen MR) is 89.9 cm³/mol. The summed E-state index contributed by atoms with van der Waals surface area (Å²) in [5, 5.41) is 2.87. The molecule has 22 heavy (non-hydrogen) atoms. The molecule has 1 aromatic heterocycles. The van der Waals surface area contributed by atoms with Crippen molar-refractivity contribution in [1.82, 2.24) is 9.71 Å². The first-order valence-corrected chi connectivity index (χ1v) is 9.63. The molecule has 1 N–H and O–H groups in total. The summed E-state index contributed by atoms with van der Waals surface area (Å²) in [7, 11) is -1.51. The number of methoxy groups -OCH3 is 1. The topological polar surface area (TPSA) is 68.3 Å². The highest BCUT2D eigenvalue weighted by Gasteiger charge is 2.09. The Kier molecular flexibility index (Phi) is 5.93. The largest absolute Gasteiger partial charge is 0.497 e. The summed E-state index contributed by atoms with van der Waals surface area (Å²) < 4.78 is 31.0. The highest BCUT2D eigenvalue weighted by Crippen LogP contribution is 2.26. The van der Waals surface area contributed by atoms with Crippen molar-refractivity contribution < 1.29 is 13.2 Å². The number of hydrogen-bond donors (Lipinski definition) is 1. The lowest BCUT2D eigenvalue weighted by Crippen LogP contribution is -2.28. The Morgan fingerprint density at radius 3 is 2.91 bits per heavy atom. The molecule has 0 spiro atoms. The van der Waals surface area contributed by atoms with Gasteiger partial charge in [-0.3, -0.25) is 0 Å². The van der Waals surface area contributed by atoms with Gasteiger partial charge in [-0.1, -0.05) is 19.1 Å². The van der Waals surface area contributed by atoms with E-state index >= 15 is 0 Å². The monoisotopic (exact) mass is 340 g/mol. The van der Waals surface area contributed by atoms with Gasteiger partial charge >= 0.3 is 0 Å². The molecule has 1 aromatic carbocycles. The van der Waals surface area contributed by atoms with Crippen LogP contribution in [0.3, 0.4) is 0 Å². The van der Waals surface area contributed by atoms with Gasteiger partial charge < -0.3 is 4.74 Å². The van der Waals surface area contributed by atoms with E-state index in [4.69, 9.17) is 4.74 Å². The third kappa shape index (κ3) is 4.79. The fourth-order valence-corrected chi connectivity index (χ4v) is 3.93. The van der Waals surface area contributed by atoms with Crippen molar-refractivity contribution in [1.29, 1.82) is 0 Å². The summed E-state index contributed by atoms with van der Waals surface area (Å²) in [4.78, 5) is 4.55. The molecular weight excluding hydrogens is 320 g/mol. The Balaban J connectivity index is 1.97.